The molecule has 1 spiro atoms. The van der Waals surface area contributed by atoms with E-state index in [9.17, 15) is 14.0 Å². The van der Waals surface area contributed by atoms with Crippen LogP contribution in [0.5, 0.6) is 0 Å². The summed E-state index contributed by atoms with van der Waals surface area (Å²) in [7, 11) is 0. The van der Waals surface area contributed by atoms with Crippen LogP contribution < -0.4 is 5.32 Å². The van der Waals surface area contributed by atoms with Gasteiger partial charge in [-0.15, -0.1) is 0 Å². The van der Waals surface area contributed by atoms with Crippen LogP contribution in [0, 0.1) is 11.7 Å². The van der Waals surface area contributed by atoms with Crippen molar-refractivity contribution in [3.8, 4) is 0 Å². The van der Waals surface area contributed by atoms with Crippen LogP contribution in [0.3, 0.4) is 0 Å². The van der Waals surface area contributed by atoms with Gasteiger partial charge < -0.3 is 10.1 Å². The molecule has 0 radical (unpaired) electrons. The number of benzene rings is 1. The fourth-order valence-corrected chi connectivity index (χ4v) is 4.21. The molecule has 148 valence electrons. The lowest BCUT2D eigenvalue weighted by Crippen LogP contribution is -2.57. The molecule has 27 heavy (non-hydrogen) atoms. The zero-order chi connectivity index (χ0) is 19.6. The van der Waals surface area contributed by atoms with Crippen molar-refractivity contribution in [3.05, 3.63) is 35.6 Å². The summed E-state index contributed by atoms with van der Waals surface area (Å²) >= 11 is 0. The highest BCUT2D eigenvalue weighted by atomic mass is 19.1. The van der Waals surface area contributed by atoms with Gasteiger partial charge in [-0.05, 0) is 50.7 Å². The third-order valence-electron chi connectivity index (χ3n) is 5.82. The van der Waals surface area contributed by atoms with E-state index < -0.39 is 23.5 Å². The third-order valence-corrected chi connectivity index (χ3v) is 5.82. The number of rotatable bonds is 4. The Morgan fingerprint density at radius 1 is 1.41 bits per heavy atom. The number of nitrogens with zero attached hydrogens (tertiary/aromatic N) is 1. The van der Waals surface area contributed by atoms with E-state index in [1.807, 2.05) is 13.8 Å². The van der Waals surface area contributed by atoms with Crippen molar-refractivity contribution in [1.29, 1.82) is 0 Å². The van der Waals surface area contributed by atoms with Crippen LogP contribution in [-0.4, -0.2) is 41.1 Å². The van der Waals surface area contributed by atoms with Gasteiger partial charge in [0.15, 0.2) is 0 Å². The van der Waals surface area contributed by atoms with Gasteiger partial charge in [0.05, 0.1) is 12.2 Å². The summed E-state index contributed by atoms with van der Waals surface area (Å²) in [5, 5.41) is 2.95. The molecule has 1 aliphatic carbocycles. The summed E-state index contributed by atoms with van der Waals surface area (Å²) in [5.74, 6) is -0.895. The largest absolute Gasteiger partial charge is 0.353 e. The van der Waals surface area contributed by atoms with Crippen molar-refractivity contribution in [2.45, 2.75) is 70.7 Å². The van der Waals surface area contributed by atoms with E-state index in [-0.39, 0.29) is 24.1 Å². The number of ether oxygens (including phenoxy) is 1. The van der Waals surface area contributed by atoms with Crippen molar-refractivity contribution in [1.82, 2.24) is 10.2 Å². The lowest BCUT2D eigenvalue weighted by Gasteiger charge is -2.43. The third kappa shape index (κ3) is 3.86. The average molecular weight is 376 g/mol. The van der Waals surface area contributed by atoms with Crippen LogP contribution in [0.4, 0.5) is 4.39 Å². The van der Waals surface area contributed by atoms with Crippen LogP contribution in [0.1, 0.15) is 63.2 Å². The summed E-state index contributed by atoms with van der Waals surface area (Å²) in [4.78, 5) is 27.7. The normalized spacial score (nSPS) is 29.0. The number of hydrogen-bond acceptors (Lipinski definition) is 3. The molecule has 2 amide bonds. The first-order valence-electron chi connectivity index (χ1n) is 9.90. The smallest absolute Gasteiger partial charge is 0.259 e. The number of nitrogens with one attached hydrogen (secondary N) is 1. The monoisotopic (exact) mass is 376 g/mol. The van der Waals surface area contributed by atoms with Gasteiger partial charge in [-0.3, -0.25) is 14.5 Å². The molecular formula is C21H29FN2O3. The van der Waals surface area contributed by atoms with Crippen LogP contribution in [-0.2, 0) is 9.53 Å². The minimum absolute atomic E-state index is 0.00439. The highest BCUT2D eigenvalue weighted by Gasteiger charge is 2.54. The molecule has 0 unspecified atom stereocenters. The molecule has 5 nitrogen and oxygen atoms in total. The van der Waals surface area contributed by atoms with Crippen LogP contribution in [0.15, 0.2) is 24.3 Å². The van der Waals surface area contributed by atoms with E-state index >= 15 is 0 Å². The Labute approximate surface area is 160 Å². The highest BCUT2D eigenvalue weighted by Crippen LogP contribution is 2.43. The number of amides is 2. The molecule has 1 N–H and O–H groups in total. The van der Waals surface area contributed by atoms with Crippen molar-refractivity contribution in [2.75, 3.05) is 6.61 Å². The number of carbonyl (C=O) groups excluding carboxylic acids is 2. The van der Waals surface area contributed by atoms with Gasteiger partial charge in [0.2, 0.25) is 5.91 Å². The molecule has 1 saturated carbocycles. The number of halogens is 1. The van der Waals surface area contributed by atoms with Crippen LogP contribution in [0.25, 0.3) is 0 Å². The maximum atomic E-state index is 14.3. The molecule has 1 aliphatic heterocycles. The molecular weight excluding hydrogens is 347 g/mol. The van der Waals surface area contributed by atoms with E-state index in [1.165, 1.54) is 17.0 Å². The van der Waals surface area contributed by atoms with E-state index in [2.05, 4.69) is 12.2 Å². The van der Waals surface area contributed by atoms with Gasteiger partial charge in [-0.25, -0.2) is 4.39 Å². The predicted octanol–water partition coefficient (Wildman–Crippen LogP) is 3.49. The average Bonchev–Trinajstić information content (AvgIpc) is 2.99. The van der Waals surface area contributed by atoms with Gasteiger partial charge in [0.25, 0.3) is 5.91 Å². The Balaban J connectivity index is 1.96. The van der Waals surface area contributed by atoms with Crippen molar-refractivity contribution in [3.63, 3.8) is 0 Å². The molecule has 0 bridgehead atoms. The Morgan fingerprint density at radius 2 is 2.15 bits per heavy atom. The maximum absolute atomic E-state index is 14.3. The molecule has 1 saturated heterocycles. The minimum atomic E-state index is -0.825. The maximum Gasteiger partial charge on any atom is 0.259 e. The summed E-state index contributed by atoms with van der Waals surface area (Å²) in [6.07, 6.45) is 4.12. The van der Waals surface area contributed by atoms with E-state index in [1.54, 1.807) is 12.1 Å². The van der Waals surface area contributed by atoms with E-state index in [4.69, 9.17) is 4.74 Å². The van der Waals surface area contributed by atoms with Gasteiger partial charge in [0, 0.05) is 6.04 Å². The minimum Gasteiger partial charge on any atom is -0.353 e. The van der Waals surface area contributed by atoms with Gasteiger partial charge in [0.1, 0.15) is 17.6 Å². The highest BCUT2D eigenvalue weighted by molar-refractivity contribution is 5.98. The van der Waals surface area contributed by atoms with Crippen LogP contribution >= 0.6 is 0 Å². The quantitative estimate of drug-likeness (QED) is 0.875. The Hall–Kier alpha value is -1.95. The number of carbonyl (C=O) groups is 2. The standard InChI is InChI=1S/C21H29FN2O3/c1-4-15(3)23-19(25)18-13-27-21(11-7-8-14(2)12-21)24(18)20(26)16-9-5-6-10-17(16)22/h5-6,9-10,14-15,18H,4,7-8,11-13H2,1-3H3,(H,23,25)/t14-,15-,18+,21-/m0/s1. The molecule has 1 heterocycles. The Kier molecular flexibility index (Phi) is 5.84. The van der Waals surface area contributed by atoms with Gasteiger partial charge in [-0.2, -0.15) is 0 Å². The second-order valence-corrected chi connectivity index (χ2v) is 7.95. The topological polar surface area (TPSA) is 58.6 Å². The summed E-state index contributed by atoms with van der Waals surface area (Å²) in [6, 6.07) is 5.20. The first-order chi connectivity index (χ1) is 12.9. The lowest BCUT2D eigenvalue weighted by molar-refractivity contribution is -0.129. The predicted molar refractivity (Wildman–Crippen MR) is 101 cm³/mol. The summed E-state index contributed by atoms with van der Waals surface area (Å²) < 4.78 is 20.4. The van der Waals surface area contributed by atoms with Gasteiger partial charge >= 0.3 is 0 Å². The fourth-order valence-electron chi connectivity index (χ4n) is 4.21. The SMILES string of the molecule is CC[C@H](C)NC(=O)[C@H]1CO[C@]2(CCC[C@H](C)C2)N1C(=O)c1ccccc1F. The Morgan fingerprint density at radius 3 is 2.81 bits per heavy atom. The molecule has 0 aromatic heterocycles. The lowest BCUT2D eigenvalue weighted by atomic mass is 9.83. The molecule has 2 aliphatic rings. The van der Waals surface area contributed by atoms with Gasteiger partial charge in [-0.1, -0.05) is 32.4 Å². The molecule has 4 atom stereocenters. The molecule has 1 aromatic rings. The first kappa shape index (κ1) is 19.8. The summed E-state index contributed by atoms with van der Waals surface area (Å²) in [6.45, 7) is 6.19. The second-order valence-electron chi connectivity index (χ2n) is 7.95. The number of hydrogen-bond donors (Lipinski definition) is 1. The first-order valence-corrected chi connectivity index (χ1v) is 9.90. The molecule has 6 heteroatoms. The van der Waals surface area contributed by atoms with Crippen molar-refractivity contribution >= 4 is 11.8 Å². The Bertz CT molecular complexity index is 710. The van der Waals surface area contributed by atoms with E-state index in [0.717, 1.165) is 19.3 Å². The zero-order valence-electron chi connectivity index (χ0n) is 16.3. The van der Waals surface area contributed by atoms with Crippen molar-refractivity contribution in [2.24, 2.45) is 5.92 Å². The molecule has 1 aromatic carbocycles. The second kappa shape index (κ2) is 7.97. The fraction of sp³-hybridized carbons (Fsp3) is 0.619. The van der Waals surface area contributed by atoms with E-state index in [0.29, 0.717) is 18.8 Å². The molecule has 3 rings (SSSR count). The van der Waals surface area contributed by atoms with Crippen molar-refractivity contribution < 1.29 is 18.7 Å². The molecule has 2 fully saturated rings. The zero-order valence-corrected chi connectivity index (χ0v) is 16.3. The van der Waals surface area contributed by atoms with Crippen LogP contribution in [0.2, 0.25) is 0 Å². The summed E-state index contributed by atoms with van der Waals surface area (Å²) in [5.41, 5.74) is -0.837.